The van der Waals surface area contributed by atoms with Crippen LogP contribution in [0, 0.1) is 6.92 Å². The summed E-state index contributed by atoms with van der Waals surface area (Å²) in [5.74, 6) is -3.94. The van der Waals surface area contributed by atoms with Crippen molar-refractivity contribution in [3.63, 3.8) is 0 Å². The van der Waals surface area contributed by atoms with E-state index in [1.54, 1.807) is 18.5 Å². The minimum atomic E-state index is -1.50. The molecule has 1 aromatic carbocycles. The number of nitrogens with two attached hydrogens (primary N) is 3. The van der Waals surface area contributed by atoms with E-state index in [1.165, 1.54) is 18.9 Å². The summed E-state index contributed by atoms with van der Waals surface area (Å²) in [5, 5.41) is 7.83. The molecule has 0 saturated heterocycles. The molecule has 2 heterocycles. The van der Waals surface area contributed by atoms with E-state index < -0.39 is 66.8 Å². The monoisotopic (exact) mass is 693 g/mol. The number of H-pyrrole nitrogens is 1. The van der Waals surface area contributed by atoms with E-state index in [4.69, 9.17) is 17.2 Å². The molecular formula is C33H47N11O6. The highest BCUT2D eigenvalue weighted by Crippen LogP contribution is 2.15. The van der Waals surface area contributed by atoms with Gasteiger partial charge in [-0.2, -0.15) is 0 Å². The van der Waals surface area contributed by atoms with Crippen molar-refractivity contribution in [1.29, 1.82) is 0 Å². The number of nitrogens with zero attached hydrogens (tertiary/aromatic N) is 4. The molecule has 0 unspecified atom stereocenters. The number of nitrogens with one attached hydrogen (secondary N) is 4. The van der Waals surface area contributed by atoms with Gasteiger partial charge in [0.15, 0.2) is 0 Å². The SMILES string of the molecule is Cc1ncn(C)c1C[C@@H](C(=O)N[C@@H](CCCCN)C(=O)N[C@H](C=O)Cc1ccccc1)N(C(=O)CN)C(=O)CNC(=O)[C@@H](N)Cc1cnc[nH]1. The zero-order valence-electron chi connectivity index (χ0n) is 28.3. The summed E-state index contributed by atoms with van der Waals surface area (Å²) in [7, 11) is 1.69. The molecule has 0 aliphatic heterocycles. The predicted molar refractivity (Wildman–Crippen MR) is 183 cm³/mol. The molecule has 0 fully saturated rings. The average Bonchev–Trinajstić information content (AvgIpc) is 3.74. The smallest absolute Gasteiger partial charge is 0.249 e. The van der Waals surface area contributed by atoms with Gasteiger partial charge in [0.25, 0.3) is 0 Å². The van der Waals surface area contributed by atoms with E-state index in [2.05, 4.69) is 30.9 Å². The summed E-state index contributed by atoms with van der Waals surface area (Å²) in [6, 6.07) is 4.54. The maximum absolute atomic E-state index is 14.2. The van der Waals surface area contributed by atoms with Gasteiger partial charge in [0.2, 0.25) is 29.5 Å². The molecule has 270 valence electrons. The van der Waals surface area contributed by atoms with Gasteiger partial charge in [0, 0.05) is 37.5 Å². The lowest BCUT2D eigenvalue weighted by Gasteiger charge is -2.31. The number of imidazole rings is 2. The zero-order chi connectivity index (χ0) is 36.6. The van der Waals surface area contributed by atoms with Crippen molar-refractivity contribution in [3.8, 4) is 0 Å². The summed E-state index contributed by atoms with van der Waals surface area (Å²) >= 11 is 0. The van der Waals surface area contributed by atoms with E-state index >= 15 is 0 Å². The Labute approximate surface area is 290 Å². The van der Waals surface area contributed by atoms with Gasteiger partial charge in [0.05, 0.1) is 43.5 Å². The molecule has 0 saturated carbocycles. The van der Waals surface area contributed by atoms with E-state index in [0.717, 1.165) is 5.56 Å². The van der Waals surface area contributed by atoms with Gasteiger partial charge in [-0.1, -0.05) is 30.3 Å². The van der Waals surface area contributed by atoms with Crippen LogP contribution in [0.3, 0.4) is 0 Å². The molecule has 2 aromatic heterocycles. The molecule has 0 bridgehead atoms. The number of carbonyl (C=O) groups is 6. The van der Waals surface area contributed by atoms with Crippen LogP contribution in [0.5, 0.6) is 0 Å². The number of benzene rings is 1. The van der Waals surface area contributed by atoms with Crippen molar-refractivity contribution < 1.29 is 28.8 Å². The summed E-state index contributed by atoms with van der Waals surface area (Å²) in [6.45, 7) is 0.752. The topological polar surface area (TPSA) is 266 Å². The number of hydrogen-bond donors (Lipinski definition) is 7. The zero-order valence-corrected chi connectivity index (χ0v) is 28.3. The van der Waals surface area contributed by atoms with Gasteiger partial charge in [-0.05, 0) is 44.7 Å². The van der Waals surface area contributed by atoms with Crippen LogP contribution < -0.4 is 33.2 Å². The van der Waals surface area contributed by atoms with Crippen LogP contribution in [0.2, 0.25) is 0 Å². The van der Waals surface area contributed by atoms with Crippen molar-refractivity contribution >= 4 is 35.8 Å². The Kier molecular flexibility index (Phi) is 15.4. The van der Waals surface area contributed by atoms with Crippen molar-refractivity contribution in [2.75, 3.05) is 19.6 Å². The first-order valence-electron chi connectivity index (χ1n) is 16.3. The Morgan fingerprint density at radius 1 is 0.980 bits per heavy atom. The van der Waals surface area contributed by atoms with Gasteiger partial charge in [-0.3, -0.25) is 28.9 Å². The number of imide groups is 1. The highest BCUT2D eigenvalue weighted by Gasteiger charge is 2.37. The van der Waals surface area contributed by atoms with Crippen LogP contribution in [-0.4, -0.2) is 104 Å². The normalized spacial score (nSPS) is 13.4. The van der Waals surface area contributed by atoms with Gasteiger partial charge in [-0.15, -0.1) is 0 Å². The van der Waals surface area contributed by atoms with Crippen molar-refractivity contribution in [1.82, 2.24) is 40.4 Å². The molecule has 0 aliphatic rings. The second-order valence-corrected chi connectivity index (χ2v) is 11.9. The number of aromatic amines is 1. The minimum Gasteiger partial charge on any atom is -0.348 e. The van der Waals surface area contributed by atoms with Gasteiger partial charge >= 0.3 is 0 Å². The molecular weight excluding hydrogens is 646 g/mol. The number of aldehydes is 1. The summed E-state index contributed by atoms with van der Waals surface area (Å²) in [4.78, 5) is 91.0. The number of amides is 5. The van der Waals surface area contributed by atoms with Crippen LogP contribution >= 0.6 is 0 Å². The Morgan fingerprint density at radius 3 is 2.32 bits per heavy atom. The first-order chi connectivity index (χ1) is 24.0. The fraction of sp³-hybridized carbons (Fsp3) is 0.455. The van der Waals surface area contributed by atoms with E-state index in [1.807, 2.05) is 30.3 Å². The highest BCUT2D eigenvalue weighted by molar-refractivity contribution is 6.03. The lowest BCUT2D eigenvalue weighted by atomic mass is 10.0. The Balaban J connectivity index is 1.87. The molecule has 10 N–H and O–H groups in total. The molecule has 17 nitrogen and oxygen atoms in total. The third-order valence-corrected chi connectivity index (χ3v) is 8.10. The van der Waals surface area contributed by atoms with Gasteiger partial charge < -0.3 is 47.5 Å². The number of aryl methyl sites for hydroxylation is 2. The third-order valence-electron chi connectivity index (χ3n) is 8.10. The first-order valence-corrected chi connectivity index (χ1v) is 16.3. The number of carbonyl (C=O) groups excluding carboxylic acids is 6. The van der Waals surface area contributed by atoms with Gasteiger partial charge in [-0.25, -0.2) is 9.97 Å². The molecule has 0 radical (unpaired) electrons. The van der Waals surface area contributed by atoms with E-state index in [-0.39, 0.29) is 25.7 Å². The van der Waals surface area contributed by atoms with Crippen LogP contribution in [0.15, 0.2) is 49.2 Å². The molecule has 3 aromatic rings. The lowest BCUT2D eigenvalue weighted by molar-refractivity contribution is -0.151. The van der Waals surface area contributed by atoms with Crippen LogP contribution in [0.4, 0.5) is 0 Å². The first kappa shape index (κ1) is 39.2. The predicted octanol–water partition coefficient (Wildman–Crippen LogP) is -2.10. The van der Waals surface area contributed by atoms with Gasteiger partial charge in [0.1, 0.15) is 18.4 Å². The number of hydrogen-bond acceptors (Lipinski definition) is 11. The van der Waals surface area contributed by atoms with Crippen LogP contribution in [-0.2, 0) is 55.1 Å². The average molecular weight is 694 g/mol. The fourth-order valence-electron chi connectivity index (χ4n) is 5.35. The molecule has 5 amide bonds. The van der Waals surface area contributed by atoms with E-state index in [9.17, 15) is 28.8 Å². The molecule has 4 atom stereocenters. The molecule has 0 aliphatic carbocycles. The number of unbranched alkanes of at least 4 members (excludes halogenated alkanes) is 1. The number of rotatable bonds is 20. The quantitative estimate of drug-likeness (QED) is 0.0498. The second kappa shape index (κ2) is 19.7. The minimum absolute atomic E-state index is 0.111. The second-order valence-electron chi connectivity index (χ2n) is 11.9. The van der Waals surface area contributed by atoms with Crippen LogP contribution in [0.1, 0.15) is 41.9 Å². The highest BCUT2D eigenvalue weighted by atomic mass is 16.2. The van der Waals surface area contributed by atoms with Crippen molar-refractivity contribution in [2.45, 2.75) is 69.6 Å². The fourth-order valence-corrected chi connectivity index (χ4v) is 5.35. The Bertz CT molecular complexity index is 1560. The Morgan fingerprint density at radius 2 is 1.72 bits per heavy atom. The summed E-state index contributed by atoms with van der Waals surface area (Å²) < 4.78 is 1.64. The summed E-state index contributed by atoms with van der Waals surface area (Å²) in [6.07, 6.45) is 6.42. The summed E-state index contributed by atoms with van der Waals surface area (Å²) in [5.41, 5.74) is 19.9. The lowest BCUT2D eigenvalue weighted by Crippen LogP contribution is -2.60. The van der Waals surface area contributed by atoms with E-state index in [0.29, 0.717) is 47.7 Å². The van der Waals surface area contributed by atoms with Crippen molar-refractivity contribution in [3.05, 3.63) is 71.8 Å². The molecule has 0 spiro atoms. The third kappa shape index (κ3) is 11.4. The number of aromatic nitrogens is 4. The molecule has 50 heavy (non-hydrogen) atoms. The standard InChI is InChI=1S/C33H47N11O6/c1-21-27(43(2)20-40-21)14-28(44(29(46)15-35)30(47)17-38-31(48)25(36)13-23-16-37-19-39-23)33(50)42-26(10-6-7-11-34)32(49)41-24(18-45)12-22-8-4-3-5-9-22/h3-5,8-9,16,18-20,24-26,28H,6-7,10-15,17,34-36H2,1-2H3,(H,37,39)(H,38,48)(H,41,49)(H,42,50)/t24-,25-,26-,28-/m0/s1. The molecule has 17 heteroatoms. The van der Waals surface area contributed by atoms with Crippen molar-refractivity contribution in [2.24, 2.45) is 24.2 Å². The largest absolute Gasteiger partial charge is 0.348 e. The molecule has 3 rings (SSSR count). The Hall–Kier alpha value is -5.26. The maximum atomic E-state index is 14.2. The maximum Gasteiger partial charge on any atom is 0.249 e. The van der Waals surface area contributed by atoms with Crippen LogP contribution in [0.25, 0.3) is 0 Å².